The first kappa shape index (κ1) is 21.6. The van der Waals surface area contributed by atoms with Gasteiger partial charge in [-0.1, -0.05) is 47.8 Å². The molecular formula is C21H43PS. The molecule has 5 atom stereocenters. The Morgan fingerprint density at radius 3 is 2.17 bits per heavy atom. The molecule has 0 aromatic heterocycles. The van der Waals surface area contributed by atoms with E-state index >= 15 is 0 Å². The van der Waals surface area contributed by atoms with Crippen molar-refractivity contribution >= 4 is 18.6 Å². The summed E-state index contributed by atoms with van der Waals surface area (Å²) in [6.45, 7) is 12.0. The molecule has 0 aliphatic heterocycles. The Morgan fingerprint density at radius 2 is 1.70 bits per heavy atom. The van der Waals surface area contributed by atoms with Gasteiger partial charge >= 0.3 is 0 Å². The summed E-state index contributed by atoms with van der Waals surface area (Å²) in [5, 5.41) is 1.78. The molecule has 0 nitrogen and oxygen atoms in total. The lowest BCUT2D eigenvalue weighted by atomic mass is 10.0. The van der Waals surface area contributed by atoms with Crippen LogP contribution in [0.5, 0.6) is 0 Å². The second-order valence-electron chi connectivity index (χ2n) is 8.65. The van der Waals surface area contributed by atoms with Gasteiger partial charge in [-0.15, -0.1) is 0 Å². The molecule has 138 valence electrons. The summed E-state index contributed by atoms with van der Waals surface area (Å²) in [5.74, 6) is 5.35. The van der Waals surface area contributed by atoms with Gasteiger partial charge in [0.2, 0.25) is 0 Å². The highest BCUT2D eigenvalue weighted by Crippen LogP contribution is 2.55. The smallest absolute Gasteiger partial charge is 0.0192 e. The van der Waals surface area contributed by atoms with Crippen molar-refractivity contribution in [1.29, 1.82) is 0 Å². The van der Waals surface area contributed by atoms with E-state index in [1.54, 1.807) is 10.9 Å². The quantitative estimate of drug-likeness (QED) is 0.272. The van der Waals surface area contributed by atoms with Gasteiger partial charge in [-0.2, -0.15) is 0 Å². The maximum atomic E-state index is 2.46. The zero-order chi connectivity index (χ0) is 17.6. The molecule has 2 heteroatoms. The lowest BCUT2D eigenvalue weighted by Gasteiger charge is -2.24. The second-order valence-corrected chi connectivity index (χ2v) is 14.3. The predicted molar refractivity (Wildman–Crippen MR) is 116 cm³/mol. The largest absolute Gasteiger partial charge is 0.250 e. The van der Waals surface area contributed by atoms with E-state index in [0.717, 1.165) is 32.3 Å². The van der Waals surface area contributed by atoms with E-state index in [1.807, 2.05) is 0 Å². The van der Waals surface area contributed by atoms with Crippen LogP contribution in [0.25, 0.3) is 0 Å². The van der Waals surface area contributed by atoms with Crippen LogP contribution < -0.4 is 0 Å². The van der Waals surface area contributed by atoms with Crippen LogP contribution in [0.2, 0.25) is 0 Å². The Balaban J connectivity index is 2.49. The third kappa shape index (κ3) is 7.11. The van der Waals surface area contributed by atoms with E-state index in [0.29, 0.717) is 0 Å². The summed E-state index contributed by atoms with van der Waals surface area (Å²) in [5.41, 5.74) is 1.74. The second kappa shape index (κ2) is 9.86. The first-order chi connectivity index (χ1) is 10.7. The molecule has 0 spiro atoms. The van der Waals surface area contributed by atoms with Gasteiger partial charge in [0.1, 0.15) is 0 Å². The van der Waals surface area contributed by atoms with Gasteiger partial charge in [-0.05, 0) is 92.8 Å². The first-order valence-corrected chi connectivity index (χ1v) is 14.3. The van der Waals surface area contributed by atoms with Crippen molar-refractivity contribution in [3.63, 3.8) is 0 Å². The van der Waals surface area contributed by atoms with Crippen molar-refractivity contribution in [2.24, 2.45) is 23.7 Å². The highest BCUT2D eigenvalue weighted by atomic mass is 32.3. The van der Waals surface area contributed by atoms with E-state index in [9.17, 15) is 0 Å². The van der Waals surface area contributed by atoms with Crippen LogP contribution in [0, 0.1) is 23.7 Å². The van der Waals surface area contributed by atoms with Crippen LogP contribution in [-0.2, 0) is 0 Å². The van der Waals surface area contributed by atoms with E-state index < -0.39 is 0 Å². The first-order valence-electron chi connectivity index (χ1n) is 9.78. The molecule has 0 saturated heterocycles. The Labute approximate surface area is 150 Å². The Bertz CT molecular complexity index is 380. The van der Waals surface area contributed by atoms with Crippen molar-refractivity contribution in [1.82, 2.24) is 0 Å². The topological polar surface area (TPSA) is 0 Å². The van der Waals surface area contributed by atoms with Gasteiger partial charge in [0.15, 0.2) is 0 Å². The monoisotopic (exact) mass is 358 g/mol. The van der Waals surface area contributed by atoms with Gasteiger partial charge in [-0.3, -0.25) is 0 Å². The minimum atomic E-state index is -0.287. The summed E-state index contributed by atoms with van der Waals surface area (Å²) in [7, 11) is 0.719. The van der Waals surface area contributed by atoms with Crippen molar-refractivity contribution in [2.75, 3.05) is 31.2 Å². The fraction of sp³-hybridized carbons (Fsp3) is 0.905. The molecular weight excluding hydrogens is 315 g/mol. The van der Waals surface area contributed by atoms with Gasteiger partial charge in [0, 0.05) is 0 Å². The lowest BCUT2D eigenvalue weighted by Crippen LogP contribution is -1.99. The van der Waals surface area contributed by atoms with Crippen LogP contribution in [0.15, 0.2) is 10.9 Å². The normalized spacial score (nSPS) is 28.1. The van der Waals surface area contributed by atoms with Crippen molar-refractivity contribution < 1.29 is 0 Å². The van der Waals surface area contributed by atoms with E-state index in [-0.39, 0.29) is 10.0 Å². The van der Waals surface area contributed by atoms with Crippen molar-refractivity contribution in [3.05, 3.63) is 10.9 Å². The maximum absolute atomic E-state index is 2.46. The van der Waals surface area contributed by atoms with Gasteiger partial charge in [0.05, 0.1) is 0 Å². The molecule has 0 N–H and O–H groups in total. The third-order valence-electron chi connectivity index (χ3n) is 5.90. The van der Waals surface area contributed by atoms with Gasteiger partial charge < -0.3 is 0 Å². The molecule has 23 heavy (non-hydrogen) atoms. The zero-order valence-electron chi connectivity index (χ0n) is 17.2. The molecule has 5 unspecified atom stereocenters. The molecule has 0 radical (unpaired) electrons. The minimum Gasteiger partial charge on any atom is -0.250 e. The summed E-state index contributed by atoms with van der Waals surface area (Å²) in [6.07, 6.45) is 15.9. The molecule has 0 aromatic rings. The zero-order valence-corrected chi connectivity index (χ0v) is 19.0. The average Bonchev–Trinajstić information content (AvgIpc) is 3.14. The molecule has 1 aliphatic rings. The standard InChI is InChI=1S/C21H43PS/c1-9-16(3)21(22-5)17(4)15-20-18(10-2)19(20)13-11-12-14-23(6,7)8/h16,18-20,22H,9-15H2,1-8H3. The molecule has 1 saturated carbocycles. The third-order valence-corrected chi connectivity index (χ3v) is 8.87. The van der Waals surface area contributed by atoms with E-state index in [1.165, 1.54) is 44.3 Å². The molecule has 0 amide bonds. The number of hydrogen-bond acceptors (Lipinski definition) is 0. The summed E-state index contributed by atoms with van der Waals surface area (Å²) < 4.78 is 0. The van der Waals surface area contributed by atoms with Gasteiger partial charge in [0.25, 0.3) is 0 Å². The predicted octanol–water partition coefficient (Wildman–Crippen LogP) is 7.14. The minimum absolute atomic E-state index is 0.287. The molecule has 0 heterocycles. The van der Waals surface area contributed by atoms with Gasteiger partial charge in [-0.25, -0.2) is 10.0 Å². The SMILES string of the molecule is CCC(C)C(PC)=C(C)CC1C(CC)C1CCCCS(C)(C)C. The highest BCUT2D eigenvalue weighted by molar-refractivity contribution is 8.32. The van der Waals surface area contributed by atoms with Crippen LogP contribution in [0.3, 0.4) is 0 Å². The Hall–Kier alpha value is 0.520. The number of unbranched alkanes of at least 4 members (excludes halogenated alkanes) is 1. The van der Waals surface area contributed by atoms with Crippen LogP contribution in [-0.4, -0.2) is 31.2 Å². The summed E-state index contributed by atoms with van der Waals surface area (Å²) in [6, 6.07) is 0. The number of allylic oxidation sites excluding steroid dienone is 2. The average molecular weight is 359 g/mol. The molecule has 0 aromatic carbocycles. The van der Waals surface area contributed by atoms with Crippen LogP contribution >= 0.6 is 18.6 Å². The summed E-state index contributed by atoms with van der Waals surface area (Å²) in [4.78, 5) is 0. The van der Waals surface area contributed by atoms with Crippen LogP contribution in [0.4, 0.5) is 0 Å². The van der Waals surface area contributed by atoms with Crippen molar-refractivity contribution in [3.8, 4) is 0 Å². The van der Waals surface area contributed by atoms with E-state index in [2.05, 4.69) is 53.1 Å². The number of rotatable bonds is 11. The fourth-order valence-electron chi connectivity index (χ4n) is 4.32. The Morgan fingerprint density at radius 1 is 1.04 bits per heavy atom. The maximum Gasteiger partial charge on any atom is -0.0192 e. The van der Waals surface area contributed by atoms with E-state index in [4.69, 9.17) is 0 Å². The van der Waals surface area contributed by atoms with Crippen molar-refractivity contribution in [2.45, 2.75) is 66.2 Å². The van der Waals surface area contributed by atoms with Crippen LogP contribution in [0.1, 0.15) is 66.2 Å². The Kier molecular flexibility index (Phi) is 9.25. The molecule has 1 fully saturated rings. The molecule has 1 rings (SSSR count). The molecule has 1 aliphatic carbocycles. The fourth-order valence-corrected chi connectivity index (χ4v) is 6.62. The lowest BCUT2D eigenvalue weighted by molar-refractivity contribution is 0.585. The number of hydrogen-bond donors (Lipinski definition) is 0. The summed E-state index contributed by atoms with van der Waals surface area (Å²) >= 11 is 0. The molecule has 0 bridgehead atoms. The highest BCUT2D eigenvalue weighted by Gasteiger charge is 2.47.